The van der Waals surface area contributed by atoms with Crippen LogP contribution in [-0.4, -0.2) is 64.6 Å². The van der Waals surface area contributed by atoms with E-state index < -0.39 is 60.2 Å². The Balaban J connectivity index is 2.92. The molecule has 4 unspecified atom stereocenters. The molecule has 0 heterocycles. The zero-order valence-corrected chi connectivity index (χ0v) is 17.8. The van der Waals surface area contributed by atoms with Gasteiger partial charge in [-0.05, 0) is 12.5 Å². The van der Waals surface area contributed by atoms with Crippen LogP contribution < -0.4 is 27.4 Å². The summed E-state index contributed by atoms with van der Waals surface area (Å²) in [6.07, 6.45) is -0.321. The van der Waals surface area contributed by atoms with E-state index in [2.05, 4.69) is 28.6 Å². The Kier molecular flexibility index (Phi) is 10.5. The summed E-state index contributed by atoms with van der Waals surface area (Å²) < 4.78 is 0. The molecule has 1 aromatic carbocycles. The molecule has 0 aliphatic carbocycles. The molecule has 1 aromatic rings. The molecule has 31 heavy (non-hydrogen) atoms. The monoisotopic (exact) mass is 453 g/mol. The number of aliphatic carboxylic acids is 1. The zero-order chi connectivity index (χ0) is 23.6. The van der Waals surface area contributed by atoms with Gasteiger partial charge in [0.05, 0.1) is 12.5 Å². The minimum absolute atomic E-state index is 0.0825. The number of primary amides is 1. The number of hydrogen-bond donors (Lipinski definition) is 7. The third-order valence-corrected chi connectivity index (χ3v) is 4.58. The summed E-state index contributed by atoms with van der Waals surface area (Å²) in [7, 11) is 0. The summed E-state index contributed by atoms with van der Waals surface area (Å²) >= 11 is 4.04. The van der Waals surface area contributed by atoms with Gasteiger partial charge in [-0.15, -0.1) is 0 Å². The van der Waals surface area contributed by atoms with E-state index in [1.807, 2.05) is 0 Å². The van der Waals surface area contributed by atoms with Crippen LogP contribution in [0.4, 0.5) is 0 Å². The Morgan fingerprint density at radius 1 is 0.968 bits per heavy atom. The van der Waals surface area contributed by atoms with E-state index in [9.17, 15) is 24.0 Å². The maximum atomic E-state index is 12.7. The SMILES string of the molecule is CC(NC(=O)C(Cc1ccccc1)NC(=O)C(CS)NC(=O)C(N)CC(N)=O)C(=O)O. The van der Waals surface area contributed by atoms with Gasteiger partial charge >= 0.3 is 5.97 Å². The van der Waals surface area contributed by atoms with E-state index in [0.717, 1.165) is 5.56 Å². The molecule has 0 fully saturated rings. The van der Waals surface area contributed by atoms with E-state index in [0.29, 0.717) is 0 Å². The van der Waals surface area contributed by atoms with Gasteiger partial charge in [0, 0.05) is 12.2 Å². The number of hydrogen-bond acceptors (Lipinski definition) is 7. The summed E-state index contributed by atoms with van der Waals surface area (Å²) in [6, 6.07) is 4.09. The maximum Gasteiger partial charge on any atom is 0.325 e. The first-order chi connectivity index (χ1) is 14.5. The molecule has 4 amide bonds. The number of amides is 4. The van der Waals surface area contributed by atoms with Gasteiger partial charge in [-0.1, -0.05) is 30.3 Å². The highest BCUT2D eigenvalue weighted by atomic mass is 32.1. The molecule has 170 valence electrons. The van der Waals surface area contributed by atoms with E-state index >= 15 is 0 Å². The van der Waals surface area contributed by atoms with Crippen molar-refractivity contribution in [1.82, 2.24) is 16.0 Å². The van der Waals surface area contributed by atoms with Crippen LogP contribution in [-0.2, 0) is 30.4 Å². The van der Waals surface area contributed by atoms with Crippen LogP contribution in [0.15, 0.2) is 30.3 Å². The van der Waals surface area contributed by atoms with E-state index in [1.54, 1.807) is 30.3 Å². The van der Waals surface area contributed by atoms with Crippen molar-refractivity contribution < 1.29 is 29.1 Å². The van der Waals surface area contributed by atoms with Crippen LogP contribution in [0.25, 0.3) is 0 Å². The second-order valence-electron chi connectivity index (χ2n) is 6.84. The number of nitrogens with one attached hydrogen (secondary N) is 3. The molecule has 12 heteroatoms. The van der Waals surface area contributed by atoms with Gasteiger partial charge in [0.2, 0.25) is 23.6 Å². The molecule has 11 nitrogen and oxygen atoms in total. The third kappa shape index (κ3) is 9.05. The largest absolute Gasteiger partial charge is 0.480 e. The van der Waals surface area contributed by atoms with Gasteiger partial charge in [0.25, 0.3) is 0 Å². The molecular formula is C19H27N5O6S. The second-order valence-corrected chi connectivity index (χ2v) is 7.21. The molecular weight excluding hydrogens is 426 g/mol. The van der Waals surface area contributed by atoms with Crippen LogP contribution in [0.1, 0.15) is 18.9 Å². The Morgan fingerprint density at radius 2 is 1.52 bits per heavy atom. The van der Waals surface area contributed by atoms with Crippen LogP contribution >= 0.6 is 12.6 Å². The van der Waals surface area contributed by atoms with Gasteiger partial charge in [0.1, 0.15) is 18.1 Å². The zero-order valence-electron chi connectivity index (χ0n) is 16.9. The Morgan fingerprint density at radius 3 is 2.03 bits per heavy atom. The number of nitrogens with two attached hydrogens (primary N) is 2. The first-order valence-corrected chi connectivity index (χ1v) is 10.0. The number of benzene rings is 1. The first kappa shape index (κ1) is 25.9. The number of carboxylic acids is 1. The standard InChI is InChI=1S/C19H27N5O6S/c1-10(19(29)30)22-17(27)13(7-11-5-3-2-4-6-11)23-18(28)14(9-31)24-16(26)12(20)8-15(21)25/h2-6,10,12-14,31H,7-9,20H2,1H3,(H2,21,25)(H,22,27)(H,23,28)(H,24,26)(H,29,30). The molecule has 0 spiro atoms. The lowest BCUT2D eigenvalue weighted by Gasteiger charge is -2.24. The molecule has 0 saturated heterocycles. The van der Waals surface area contributed by atoms with Gasteiger partial charge in [-0.3, -0.25) is 24.0 Å². The summed E-state index contributed by atoms with van der Waals surface area (Å²) in [4.78, 5) is 59.3. The molecule has 8 N–H and O–H groups in total. The average molecular weight is 454 g/mol. The predicted molar refractivity (Wildman–Crippen MR) is 115 cm³/mol. The Labute approximate surface area is 184 Å². The quantitative estimate of drug-likeness (QED) is 0.176. The van der Waals surface area contributed by atoms with Crippen LogP contribution in [0.2, 0.25) is 0 Å². The second kappa shape index (κ2) is 12.5. The van der Waals surface area contributed by atoms with Crippen molar-refractivity contribution in [3.8, 4) is 0 Å². The lowest BCUT2D eigenvalue weighted by atomic mass is 10.0. The number of rotatable bonds is 12. The van der Waals surface area contributed by atoms with Crippen molar-refractivity contribution in [2.45, 2.75) is 43.9 Å². The fourth-order valence-corrected chi connectivity index (χ4v) is 2.75. The van der Waals surface area contributed by atoms with Crippen molar-refractivity contribution >= 4 is 42.2 Å². The summed E-state index contributed by atoms with van der Waals surface area (Å²) in [5.74, 6) is -4.35. The van der Waals surface area contributed by atoms with E-state index in [4.69, 9.17) is 16.6 Å². The minimum Gasteiger partial charge on any atom is -0.480 e. The van der Waals surface area contributed by atoms with Crippen molar-refractivity contribution in [2.24, 2.45) is 11.5 Å². The lowest BCUT2D eigenvalue weighted by molar-refractivity contribution is -0.141. The highest BCUT2D eigenvalue weighted by Crippen LogP contribution is 2.05. The molecule has 0 aromatic heterocycles. The van der Waals surface area contributed by atoms with Gasteiger partial charge < -0.3 is 32.5 Å². The lowest BCUT2D eigenvalue weighted by Crippen LogP contribution is -2.58. The van der Waals surface area contributed by atoms with Crippen LogP contribution in [0.5, 0.6) is 0 Å². The van der Waals surface area contributed by atoms with E-state index in [1.165, 1.54) is 6.92 Å². The van der Waals surface area contributed by atoms with Crippen molar-refractivity contribution in [3.05, 3.63) is 35.9 Å². The molecule has 0 radical (unpaired) electrons. The summed E-state index contributed by atoms with van der Waals surface area (Å²) in [5, 5.41) is 16.2. The molecule has 0 bridgehead atoms. The van der Waals surface area contributed by atoms with Crippen molar-refractivity contribution in [3.63, 3.8) is 0 Å². The Hall–Kier alpha value is -3.12. The maximum absolute atomic E-state index is 12.7. The normalized spacial score (nSPS) is 14.4. The Bertz CT molecular complexity index is 806. The topological polar surface area (TPSA) is 194 Å². The van der Waals surface area contributed by atoms with Crippen LogP contribution in [0, 0.1) is 0 Å². The van der Waals surface area contributed by atoms with Crippen molar-refractivity contribution in [1.29, 1.82) is 0 Å². The molecule has 0 aliphatic rings. The van der Waals surface area contributed by atoms with E-state index in [-0.39, 0.29) is 12.2 Å². The molecule has 0 saturated carbocycles. The molecule has 0 aliphatic heterocycles. The fraction of sp³-hybridized carbons (Fsp3) is 0.421. The predicted octanol–water partition coefficient (Wildman–Crippen LogP) is -2.08. The highest BCUT2D eigenvalue weighted by Gasteiger charge is 2.29. The van der Waals surface area contributed by atoms with Gasteiger partial charge in [-0.2, -0.15) is 12.6 Å². The molecule has 1 rings (SSSR count). The first-order valence-electron chi connectivity index (χ1n) is 9.37. The molecule has 4 atom stereocenters. The smallest absolute Gasteiger partial charge is 0.325 e. The average Bonchev–Trinajstić information content (AvgIpc) is 2.71. The summed E-state index contributed by atoms with van der Waals surface area (Å²) in [6.45, 7) is 1.29. The summed E-state index contributed by atoms with van der Waals surface area (Å²) in [5.41, 5.74) is 11.3. The number of carboxylic acid groups (broad SMARTS) is 1. The minimum atomic E-state index is -1.24. The highest BCUT2D eigenvalue weighted by molar-refractivity contribution is 7.80. The van der Waals surface area contributed by atoms with Gasteiger partial charge in [-0.25, -0.2) is 0 Å². The fourth-order valence-electron chi connectivity index (χ4n) is 2.49. The van der Waals surface area contributed by atoms with Crippen molar-refractivity contribution in [2.75, 3.05) is 5.75 Å². The van der Waals surface area contributed by atoms with Gasteiger partial charge in [0.15, 0.2) is 0 Å². The number of thiol groups is 1. The number of carbonyl (C=O) groups excluding carboxylic acids is 4. The number of carbonyl (C=O) groups is 5. The van der Waals surface area contributed by atoms with Crippen LogP contribution in [0.3, 0.4) is 0 Å². The third-order valence-electron chi connectivity index (χ3n) is 4.22.